The summed E-state index contributed by atoms with van der Waals surface area (Å²) in [5.74, 6) is -0.445. The summed E-state index contributed by atoms with van der Waals surface area (Å²) in [6.45, 7) is -0.182. The average Bonchev–Trinajstić information content (AvgIpc) is 3.01. The molecule has 0 saturated carbocycles. The number of halogens is 2. The molecule has 0 saturated heterocycles. The lowest BCUT2D eigenvalue weighted by Gasteiger charge is -2.04. The minimum absolute atomic E-state index is 0.117. The van der Waals surface area contributed by atoms with Gasteiger partial charge in [0.2, 0.25) is 5.90 Å². The molecule has 0 unspecified atom stereocenters. The number of nitrogens with zero attached hydrogens (tertiary/aromatic N) is 1. The van der Waals surface area contributed by atoms with E-state index in [2.05, 4.69) is 9.73 Å². The van der Waals surface area contributed by atoms with Crippen molar-refractivity contribution in [1.82, 2.24) is 0 Å². The Hall–Kier alpha value is -2.83. The number of carbonyl (C=O) groups is 2. The van der Waals surface area contributed by atoms with Crippen molar-refractivity contribution in [2.24, 2.45) is 4.99 Å². The predicted octanol–water partition coefficient (Wildman–Crippen LogP) is 3.89. The number of carbonyl (C=O) groups excluding carboxylic acids is 2. The first-order valence-electron chi connectivity index (χ1n) is 7.74. The van der Waals surface area contributed by atoms with Crippen molar-refractivity contribution in [2.75, 3.05) is 13.7 Å². The van der Waals surface area contributed by atoms with Crippen LogP contribution < -0.4 is 4.74 Å². The van der Waals surface area contributed by atoms with Gasteiger partial charge < -0.3 is 14.2 Å². The molecule has 2 aromatic rings. The number of hydrogen-bond acceptors (Lipinski definition) is 6. The highest BCUT2D eigenvalue weighted by Gasteiger charge is 2.25. The molecule has 0 radical (unpaired) electrons. The Morgan fingerprint density at radius 2 is 1.93 bits per heavy atom. The predicted molar refractivity (Wildman–Crippen MR) is 101 cm³/mol. The van der Waals surface area contributed by atoms with E-state index in [1.807, 2.05) is 0 Å². The van der Waals surface area contributed by atoms with Crippen LogP contribution in [0.5, 0.6) is 5.75 Å². The van der Waals surface area contributed by atoms with E-state index in [0.717, 1.165) is 0 Å². The highest BCUT2D eigenvalue weighted by molar-refractivity contribution is 6.37. The van der Waals surface area contributed by atoms with Crippen LogP contribution in [0.15, 0.2) is 53.2 Å². The van der Waals surface area contributed by atoms with E-state index in [0.29, 0.717) is 26.9 Å². The third-order valence-corrected chi connectivity index (χ3v) is 4.10. The molecule has 1 aliphatic rings. The van der Waals surface area contributed by atoms with Gasteiger partial charge in [-0.1, -0.05) is 35.3 Å². The Bertz CT molecular complexity index is 951. The van der Waals surface area contributed by atoms with Crippen LogP contribution >= 0.6 is 23.2 Å². The summed E-state index contributed by atoms with van der Waals surface area (Å²) < 4.78 is 15.0. The van der Waals surface area contributed by atoms with E-state index in [9.17, 15) is 9.59 Å². The molecule has 138 valence electrons. The molecule has 0 amide bonds. The van der Waals surface area contributed by atoms with Crippen LogP contribution in [0.1, 0.15) is 11.1 Å². The van der Waals surface area contributed by atoms with Crippen LogP contribution in [-0.4, -0.2) is 31.6 Å². The number of methoxy groups -OCH3 is 1. The summed E-state index contributed by atoms with van der Waals surface area (Å²) >= 11 is 12.0. The van der Waals surface area contributed by atoms with Gasteiger partial charge in [-0.3, -0.25) is 0 Å². The fraction of sp³-hybridized carbons (Fsp3) is 0.105. The molecule has 27 heavy (non-hydrogen) atoms. The third kappa shape index (κ3) is 4.67. The summed E-state index contributed by atoms with van der Waals surface area (Å²) in [5, 5.41) is 0.807. The van der Waals surface area contributed by atoms with Gasteiger partial charge in [-0.25, -0.2) is 14.6 Å². The van der Waals surface area contributed by atoms with E-state index in [1.54, 1.807) is 48.5 Å². The van der Waals surface area contributed by atoms with E-state index < -0.39 is 11.9 Å². The van der Waals surface area contributed by atoms with Crippen molar-refractivity contribution in [1.29, 1.82) is 0 Å². The van der Waals surface area contributed by atoms with Crippen molar-refractivity contribution < 1.29 is 23.8 Å². The largest absolute Gasteiger partial charge is 0.482 e. The molecular weight excluding hydrogens is 393 g/mol. The molecule has 6 nitrogen and oxygen atoms in total. The van der Waals surface area contributed by atoms with Crippen LogP contribution in [-0.2, 0) is 19.1 Å². The van der Waals surface area contributed by atoms with E-state index in [-0.39, 0.29) is 18.2 Å². The molecular formula is C19H13Cl2NO5. The maximum Gasteiger partial charge on any atom is 0.363 e. The SMILES string of the molecule is COC(=O)COc1ccc(/C=C2\N=C(c3ccc(Cl)cc3Cl)OC2=O)cc1. The number of rotatable bonds is 5. The molecule has 0 aliphatic carbocycles. The molecule has 1 aliphatic heterocycles. The van der Waals surface area contributed by atoms with Crippen molar-refractivity contribution in [3.05, 3.63) is 69.3 Å². The maximum atomic E-state index is 12.1. The van der Waals surface area contributed by atoms with Gasteiger partial charge in [0.25, 0.3) is 0 Å². The third-order valence-electron chi connectivity index (χ3n) is 3.55. The molecule has 0 N–H and O–H groups in total. The van der Waals surface area contributed by atoms with E-state index in [1.165, 1.54) is 7.11 Å². The molecule has 8 heteroatoms. The first-order valence-corrected chi connectivity index (χ1v) is 8.49. The lowest BCUT2D eigenvalue weighted by Crippen LogP contribution is -2.12. The maximum absolute atomic E-state index is 12.1. The van der Waals surface area contributed by atoms with Gasteiger partial charge in [-0.05, 0) is 42.0 Å². The summed E-state index contributed by atoms with van der Waals surface area (Å²) in [7, 11) is 1.29. The number of benzene rings is 2. The van der Waals surface area contributed by atoms with Crippen LogP contribution in [0.4, 0.5) is 0 Å². The summed E-state index contributed by atoms with van der Waals surface area (Å²) in [4.78, 5) is 27.3. The number of ether oxygens (including phenoxy) is 3. The number of aliphatic imine (C=N–C) groups is 1. The van der Waals surface area contributed by atoms with Crippen molar-refractivity contribution >= 4 is 47.1 Å². The first-order chi connectivity index (χ1) is 13.0. The Labute approximate surface area is 165 Å². The summed E-state index contributed by atoms with van der Waals surface area (Å²) in [6, 6.07) is 11.6. The lowest BCUT2D eigenvalue weighted by molar-refractivity contribution is -0.143. The van der Waals surface area contributed by atoms with Crippen LogP contribution in [0.25, 0.3) is 6.08 Å². The van der Waals surface area contributed by atoms with Gasteiger partial charge in [0.1, 0.15) is 5.75 Å². The fourth-order valence-electron chi connectivity index (χ4n) is 2.21. The highest BCUT2D eigenvalue weighted by atomic mass is 35.5. The van der Waals surface area contributed by atoms with Crippen LogP contribution in [0.2, 0.25) is 10.0 Å². The zero-order valence-electron chi connectivity index (χ0n) is 14.1. The minimum Gasteiger partial charge on any atom is -0.482 e. The number of cyclic esters (lactones) is 1. The normalized spacial score (nSPS) is 14.7. The molecule has 0 spiro atoms. The molecule has 0 aromatic heterocycles. The summed E-state index contributed by atoms with van der Waals surface area (Å²) in [6.07, 6.45) is 1.57. The van der Waals surface area contributed by atoms with Gasteiger partial charge in [-0.15, -0.1) is 0 Å². The molecule has 2 aromatic carbocycles. The highest BCUT2D eigenvalue weighted by Crippen LogP contribution is 2.26. The lowest BCUT2D eigenvalue weighted by atomic mass is 10.2. The molecule has 0 bridgehead atoms. The van der Waals surface area contributed by atoms with Gasteiger partial charge >= 0.3 is 11.9 Å². The molecule has 3 rings (SSSR count). The smallest absolute Gasteiger partial charge is 0.363 e. The fourth-order valence-corrected chi connectivity index (χ4v) is 2.70. The summed E-state index contributed by atoms with van der Waals surface area (Å²) in [5.41, 5.74) is 1.32. The standard InChI is InChI=1S/C19H13Cl2NO5/c1-25-17(23)10-26-13-5-2-11(3-6-13)8-16-19(24)27-18(22-16)14-7-4-12(20)9-15(14)21/h2-9H,10H2,1H3/b16-8-. The Morgan fingerprint density at radius 3 is 2.59 bits per heavy atom. The van der Waals surface area contributed by atoms with Crippen molar-refractivity contribution in [2.45, 2.75) is 0 Å². The monoisotopic (exact) mass is 405 g/mol. The Kier molecular flexibility index (Phi) is 5.78. The topological polar surface area (TPSA) is 74.2 Å². The zero-order valence-corrected chi connectivity index (χ0v) is 15.6. The van der Waals surface area contributed by atoms with Gasteiger partial charge in [0.05, 0.1) is 17.7 Å². The molecule has 0 atom stereocenters. The number of esters is 2. The minimum atomic E-state index is -0.581. The van der Waals surface area contributed by atoms with Gasteiger partial charge in [0, 0.05) is 5.02 Å². The average molecular weight is 406 g/mol. The second kappa shape index (κ2) is 8.24. The quantitative estimate of drug-likeness (QED) is 0.557. The second-order valence-electron chi connectivity index (χ2n) is 5.39. The van der Waals surface area contributed by atoms with E-state index in [4.69, 9.17) is 32.7 Å². The molecule has 1 heterocycles. The Balaban J connectivity index is 1.77. The van der Waals surface area contributed by atoms with Crippen LogP contribution in [0, 0.1) is 0 Å². The van der Waals surface area contributed by atoms with E-state index >= 15 is 0 Å². The number of hydrogen-bond donors (Lipinski definition) is 0. The second-order valence-corrected chi connectivity index (χ2v) is 6.24. The van der Waals surface area contributed by atoms with Crippen molar-refractivity contribution in [3.63, 3.8) is 0 Å². The Morgan fingerprint density at radius 1 is 1.19 bits per heavy atom. The van der Waals surface area contributed by atoms with Gasteiger partial charge in [0.15, 0.2) is 12.3 Å². The van der Waals surface area contributed by atoms with Gasteiger partial charge in [-0.2, -0.15) is 0 Å². The first kappa shape index (κ1) is 18.9. The molecule has 0 fully saturated rings. The van der Waals surface area contributed by atoms with Crippen LogP contribution in [0.3, 0.4) is 0 Å². The van der Waals surface area contributed by atoms with Crippen molar-refractivity contribution in [3.8, 4) is 5.75 Å². The zero-order chi connectivity index (χ0) is 19.4.